The van der Waals surface area contributed by atoms with Gasteiger partial charge in [-0.1, -0.05) is 19.1 Å². The van der Waals surface area contributed by atoms with Gasteiger partial charge in [-0.2, -0.15) is 0 Å². The Labute approximate surface area is 167 Å². The van der Waals surface area contributed by atoms with Crippen molar-refractivity contribution in [2.24, 2.45) is 0 Å². The number of anilines is 1. The first-order valence-corrected chi connectivity index (χ1v) is 9.10. The van der Waals surface area contributed by atoms with Gasteiger partial charge in [0.2, 0.25) is 5.91 Å². The van der Waals surface area contributed by atoms with E-state index in [4.69, 9.17) is 9.84 Å². The van der Waals surface area contributed by atoms with Gasteiger partial charge < -0.3 is 15.2 Å². The number of nitrogens with one attached hydrogen (secondary N) is 1. The Hall–Kier alpha value is -1.83. The van der Waals surface area contributed by atoms with Gasteiger partial charge in [-0.3, -0.25) is 19.4 Å². The minimum atomic E-state index is -0.793. The standard InChI is InChI=1S/C19H29N3O4.ClH/c1-4-21(13-18(23)24)15-9-11-22(12-10-15)14(2)19(25)20-16-7-5-6-8-17(16)26-3;/h5-8,14-15H,4,9-13H2,1-3H3,(H,20,25)(H,23,24);1H. The molecule has 1 atom stereocenters. The molecule has 0 aromatic heterocycles. The zero-order chi connectivity index (χ0) is 19.1. The zero-order valence-corrected chi connectivity index (χ0v) is 17.0. The summed E-state index contributed by atoms with van der Waals surface area (Å²) in [7, 11) is 1.58. The Bertz CT molecular complexity index is 621. The highest BCUT2D eigenvalue weighted by molar-refractivity contribution is 5.95. The largest absolute Gasteiger partial charge is 0.495 e. The van der Waals surface area contributed by atoms with Crippen molar-refractivity contribution in [3.8, 4) is 5.75 Å². The summed E-state index contributed by atoms with van der Waals surface area (Å²) in [5.74, 6) is -0.219. The molecule has 0 saturated carbocycles. The van der Waals surface area contributed by atoms with Gasteiger partial charge >= 0.3 is 5.97 Å². The number of piperidine rings is 1. The van der Waals surface area contributed by atoms with Crippen LogP contribution in [0.5, 0.6) is 5.75 Å². The minimum absolute atomic E-state index is 0. The molecule has 0 spiro atoms. The molecule has 1 aliphatic rings. The van der Waals surface area contributed by atoms with Gasteiger partial charge in [0, 0.05) is 19.1 Å². The van der Waals surface area contributed by atoms with E-state index in [0.29, 0.717) is 11.4 Å². The van der Waals surface area contributed by atoms with Crippen LogP contribution in [-0.2, 0) is 9.59 Å². The summed E-state index contributed by atoms with van der Waals surface area (Å²) in [5.41, 5.74) is 0.667. The summed E-state index contributed by atoms with van der Waals surface area (Å²) in [6, 6.07) is 7.36. The van der Waals surface area contributed by atoms with E-state index in [-0.39, 0.29) is 36.9 Å². The molecule has 27 heavy (non-hydrogen) atoms. The molecule has 152 valence electrons. The molecule has 1 unspecified atom stereocenters. The number of hydrogen-bond acceptors (Lipinski definition) is 5. The second-order valence-electron chi connectivity index (χ2n) is 6.59. The summed E-state index contributed by atoms with van der Waals surface area (Å²) < 4.78 is 5.27. The first kappa shape index (κ1) is 23.2. The highest BCUT2D eigenvalue weighted by atomic mass is 35.5. The van der Waals surface area contributed by atoms with Crippen LogP contribution < -0.4 is 10.1 Å². The van der Waals surface area contributed by atoms with Crippen LogP contribution in [0.1, 0.15) is 26.7 Å². The lowest BCUT2D eigenvalue weighted by molar-refractivity contribution is -0.139. The Morgan fingerprint density at radius 2 is 1.96 bits per heavy atom. The third-order valence-corrected chi connectivity index (χ3v) is 5.05. The minimum Gasteiger partial charge on any atom is -0.495 e. The number of nitrogens with zero attached hydrogens (tertiary/aromatic N) is 2. The maximum absolute atomic E-state index is 12.6. The number of rotatable bonds is 8. The second-order valence-corrected chi connectivity index (χ2v) is 6.59. The van der Waals surface area contributed by atoms with E-state index in [1.165, 1.54) is 0 Å². The van der Waals surface area contributed by atoms with Crippen molar-refractivity contribution in [1.29, 1.82) is 0 Å². The van der Waals surface area contributed by atoms with Gasteiger partial charge in [0.05, 0.1) is 25.4 Å². The van der Waals surface area contributed by atoms with Crippen LogP contribution in [0, 0.1) is 0 Å². The molecule has 1 heterocycles. The van der Waals surface area contributed by atoms with Crippen LogP contribution in [0.3, 0.4) is 0 Å². The van der Waals surface area contributed by atoms with Crippen LogP contribution in [0.4, 0.5) is 5.69 Å². The number of para-hydroxylation sites is 2. The number of carboxylic acids is 1. The first-order chi connectivity index (χ1) is 12.5. The number of ether oxygens (including phenoxy) is 1. The van der Waals surface area contributed by atoms with E-state index >= 15 is 0 Å². The normalized spacial score (nSPS) is 16.4. The van der Waals surface area contributed by atoms with Crippen molar-refractivity contribution in [3.63, 3.8) is 0 Å². The van der Waals surface area contributed by atoms with Gasteiger partial charge in [0.15, 0.2) is 0 Å². The quantitative estimate of drug-likeness (QED) is 0.698. The fourth-order valence-corrected chi connectivity index (χ4v) is 3.46. The Morgan fingerprint density at radius 3 is 2.52 bits per heavy atom. The van der Waals surface area contributed by atoms with Gasteiger partial charge in [-0.05, 0) is 38.4 Å². The number of carbonyl (C=O) groups is 2. The number of carbonyl (C=O) groups excluding carboxylic acids is 1. The van der Waals surface area contributed by atoms with Gasteiger partial charge in [-0.25, -0.2) is 0 Å². The van der Waals surface area contributed by atoms with Crippen LogP contribution in [-0.4, -0.2) is 72.2 Å². The topological polar surface area (TPSA) is 82.1 Å². The number of carboxylic acid groups (broad SMARTS) is 1. The average Bonchev–Trinajstić information content (AvgIpc) is 2.66. The van der Waals surface area contributed by atoms with Crippen molar-refractivity contribution >= 4 is 30.0 Å². The number of likely N-dealkylation sites (tertiary alicyclic amines) is 1. The molecule has 2 rings (SSSR count). The van der Waals surface area contributed by atoms with Crippen LogP contribution in [0.2, 0.25) is 0 Å². The number of hydrogen-bond donors (Lipinski definition) is 2. The summed E-state index contributed by atoms with van der Waals surface area (Å²) in [6.45, 7) is 6.24. The van der Waals surface area contributed by atoms with Crippen molar-refractivity contribution < 1.29 is 19.4 Å². The number of benzene rings is 1. The summed E-state index contributed by atoms with van der Waals surface area (Å²) in [6.07, 6.45) is 1.74. The molecule has 8 heteroatoms. The molecule has 0 radical (unpaired) electrons. The van der Waals surface area contributed by atoms with E-state index in [1.807, 2.05) is 43.0 Å². The van der Waals surface area contributed by atoms with E-state index in [1.54, 1.807) is 7.11 Å². The maximum atomic E-state index is 12.6. The fourth-order valence-electron chi connectivity index (χ4n) is 3.46. The number of methoxy groups -OCH3 is 1. The Balaban J connectivity index is 0.00000364. The highest BCUT2D eigenvalue weighted by Crippen LogP contribution is 2.24. The van der Waals surface area contributed by atoms with E-state index in [9.17, 15) is 9.59 Å². The summed E-state index contributed by atoms with van der Waals surface area (Å²) >= 11 is 0. The average molecular weight is 400 g/mol. The maximum Gasteiger partial charge on any atom is 0.317 e. The molecule has 1 aliphatic heterocycles. The van der Waals surface area contributed by atoms with Crippen LogP contribution in [0.25, 0.3) is 0 Å². The van der Waals surface area contributed by atoms with E-state index in [2.05, 4.69) is 10.2 Å². The monoisotopic (exact) mass is 399 g/mol. The predicted molar refractivity (Wildman–Crippen MR) is 108 cm³/mol. The number of aliphatic carboxylic acids is 1. The molecule has 0 aliphatic carbocycles. The zero-order valence-electron chi connectivity index (χ0n) is 16.2. The lowest BCUT2D eigenvalue weighted by atomic mass is 10.0. The lowest BCUT2D eigenvalue weighted by Gasteiger charge is -2.39. The molecule has 1 aromatic carbocycles. The number of halogens is 1. The van der Waals surface area contributed by atoms with Crippen molar-refractivity contribution in [2.45, 2.75) is 38.8 Å². The highest BCUT2D eigenvalue weighted by Gasteiger charge is 2.29. The number of amides is 1. The first-order valence-electron chi connectivity index (χ1n) is 9.10. The summed E-state index contributed by atoms with van der Waals surface area (Å²) in [4.78, 5) is 27.7. The Morgan fingerprint density at radius 1 is 1.33 bits per heavy atom. The third-order valence-electron chi connectivity index (χ3n) is 5.05. The van der Waals surface area contributed by atoms with Crippen molar-refractivity contribution in [3.05, 3.63) is 24.3 Å². The molecule has 1 amide bonds. The van der Waals surface area contributed by atoms with Gasteiger partial charge in [-0.15, -0.1) is 12.4 Å². The molecule has 1 fully saturated rings. The second kappa shape index (κ2) is 11.1. The molecular formula is C19H30ClN3O4. The number of likely N-dealkylation sites (N-methyl/N-ethyl adjacent to an activating group) is 1. The lowest BCUT2D eigenvalue weighted by Crippen LogP contribution is -2.51. The molecule has 1 saturated heterocycles. The SMILES string of the molecule is CCN(CC(=O)O)C1CCN(C(C)C(=O)Nc2ccccc2OC)CC1.Cl. The van der Waals surface area contributed by atoms with Gasteiger partial charge in [0.25, 0.3) is 0 Å². The molecule has 2 N–H and O–H groups in total. The predicted octanol–water partition coefficient (Wildman–Crippen LogP) is 2.31. The van der Waals surface area contributed by atoms with Gasteiger partial charge in [0.1, 0.15) is 5.75 Å². The van der Waals surface area contributed by atoms with E-state index in [0.717, 1.165) is 32.5 Å². The molecule has 0 bridgehead atoms. The Kier molecular flexibility index (Phi) is 9.55. The van der Waals surface area contributed by atoms with Crippen molar-refractivity contribution in [1.82, 2.24) is 9.80 Å². The summed E-state index contributed by atoms with van der Waals surface area (Å²) in [5, 5.41) is 12.0. The third kappa shape index (κ3) is 6.37. The molecule has 1 aromatic rings. The fraction of sp³-hybridized carbons (Fsp3) is 0.579. The van der Waals surface area contributed by atoms with Crippen LogP contribution in [0.15, 0.2) is 24.3 Å². The van der Waals surface area contributed by atoms with E-state index < -0.39 is 5.97 Å². The van der Waals surface area contributed by atoms with Crippen LogP contribution >= 0.6 is 12.4 Å². The molecule has 7 nitrogen and oxygen atoms in total. The smallest absolute Gasteiger partial charge is 0.317 e. The molecular weight excluding hydrogens is 370 g/mol. The van der Waals surface area contributed by atoms with Crippen molar-refractivity contribution in [2.75, 3.05) is 38.6 Å².